The van der Waals surface area contributed by atoms with Crippen LogP contribution in [0.5, 0.6) is 0 Å². The molecule has 1 heterocycles. The third kappa shape index (κ3) is 2.33. The Hall–Kier alpha value is -2.33. The number of allylic oxidation sites excluding steroid dienone is 1. The molecule has 0 saturated heterocycles. The van der Waals surface area contributed by atoms with E-state index in [0.717, 1.165) is 18.4 Å². The van der Waals surface area contributed by atoms with E-state index in [4.69, 9.17) is 9.47 Å². The van der Waals surface area contributed by atoms with Gasteiger partial charge in [0.25, 0.3) is 0 Å². The molecule has 0 radical (unpaired) electrons. The topological polar surface area (TPSA) is 151 Å². The number of carbonyl (C=O) groups is 3. The number of aliphatic hydroxyl groups excluding tert-OH is 3. The number of hydrogen-bond donors (Lipinski definition) is 4. The lowest BCUT2D eigenvalue weighted by Gasteiger charge is -2.63. The lowest BCUT2D eigenvalue weighted by atomic mass is 9.42. The second-order valence-electron chi connectivity index (χ2n) is 14.2. The van der Waals surface area contributed by atoms with Crippen LogP contribution in [0.3, 0.4) is 0 Å². The number of fused-ring (bicyclic) bond motifs is 7. The van der Waals surface area contributed by atoms with E-state index in [9.17, 15) is 34.8 Å². The molecule has 12 atom stereocenters. The summed E-state index contributed by atoms with van der Waals surface area (Å²) < 4.78 is 11.5. The van der Waals surface area contributed by atoms with E-state index in [1.165, 1.54) is 19.6 Å². The molecule has 0 aromatic carbocycles. The Balaban J connectivity index is 1.47. The van der Waals surface area contributed by atoms with E-state index < -0.39 is 58.4 Å². The van der Waals surface area contributed by atoms with Crippen LogP contribution in [0, 0.1) is 52.3 Å². The van der Waals surface area contributed by atoms with Crippen molar-refractivity contribution in [2.45, 2.75) is 63.8 Å². The van der Waals surface area contributed by atoms with Gasteiger partial charge in [0.1, 0.15) is 11.7 Å². The van der Waals surface area contributed by atoms with Crippen LogP contribution in [0.1, 0.15) is 46.5 Å². The number of rotatable bonds is 3. The number of ketones is 1. The molecule has 1 spiro atoms. The van der Waals surface area contributed by atoms with Crippen LogP contribution in [0.25, 0.3) is 0 Å². The Morgan fingerprint density at radius 2 is 1.80 bits per heavy atom. The Bertz CT molecular complexity index is 1440. The maximum absolute atomic E-state index is 14.2. The third-order valence-corrected chi connectivity index (χ3v) is 13.4. The highest BCUT2D eigenvalue weighted by atomic mass is 16.6. The molecule has 0 bridgehead atoms. The van der Waals surface area contributed by atoms with Crippen LogP contribution < -0.4 is 0 Å². The fraction of sp³-hybridized carbons (Fsp3) is 0.710. The first-order valence-corrected chi connectivity index (χ1v) is 14.5. The third-order valence-electron chi connectivity index (χ3n) is 13.4. The largest absolute Gasteiger partial charge is 0.466 e. The van der Waals surface area contributed by atoms with Crippen molar-refractivity contribution in [3.05, 3.63) is 33.4 Å². The van der Waals surface area contributed by atoms with Gasteiger partial charge in [0.15, 0.2) is 5.78 Å². The lowest BCUT2D eigenvalue weighted by Crippen LogP contribution is -2.67. The number of carbonyl (C=O) groups excluding carboxylic acids is 3. The molecule has 4 N–H and O–H groups in total. The molecule has 40 heavy (non-hydrogen) atoms. The molecule has 0 aromatic heterocycles. The summed E-state index contributed by atoms with van der Waals surface area (Å²) >= 11 is 0. The molecule has 0 unspecified atom stereocenters. The second kappa shape index (κ2) is 7.17. The van der Waals surface area contributed by atoms with Crippen molar-refractivity contribution in [3.63, 3.8) is 0 Å². The van der Waals surface area contributed by atoms with Gasteiger partial charge in [-0.15, -0.1) is 0 Å². The second-order valence-corrected chi connectivity index (χ2v) is 14.2. The zero-order chi connectivity index (χ0) is 28.5. The summed E-state index contributed by atoms with van der Waals surface area (Å²) in [6.07, 6.45) is 1.13. The minimum absolute atomic E-state index is 0.0724. The van der Waals surface area contributed by atoms with Crippen LogP contribution >= 0.6 is 0 Å². The van der Waals surface area contributed by atoms with E-state index in [2.05, 4.69) is 6.92 Å². The Kier molecular flexibility index (Phi) is 4.55. The smallest absolute Gasteiger partial charge is 0.337 e. The molecule has 9 heteroatoms. The summed E-state index contributed by atoms with van der Waals surface area (Å²) in [5, 5.41) is 44.4. The zero-order valence-corrected chi connectivity index (χ0v) is 23.2. The fourth-order valence-corrected chi connectivity index (χ4v) is 11.6. The minimum atomic E-state index is -1.34. The standard InChI is InChI=1S/C31H36O9/c1-11(26(36)39-4)21-23-22-13(12-5-15(12)29(22,3)25(35)24(21)34)6-20-28(2)17-7-18(17)30(38,10-33)19(28)8-16-14(9-32)27(37)40-31(16,20)23/h12,15,17-20,23,25,32-33,35,38H,5-10H2,1-4H3/b21-11-/t12-,15-,17-,18+,19-,20+,23+,25+,28+,29+,30+,31+/m1/s1. The molecular weight excluding hydrogens is 516 g/mol. The number of aliphatic hydroxyl groups is 4. The number of esters is 2. The molecule has 5 saturated carbocycles. The Labute approximate surface area is 231 Å². The highest BCUT2D eigenvalue weighted by Crippen LogP contribution is 2.83. The maximum Gasteiger partial charge on any atom is 0.337 e. The van der Waals surface area contributed by atoms with Crippen molar-refractivity contribution in [2.75, 3.05) is 20.3 Å². The quantitative estimate of drug-likeness (QED) is 0.228. The van der Waals surface area contributed by atoms with Gasteiger partial charge in [-0.05, 0) is 72.8 Å². The highest BCUT2D eigenvalue weighted by molar-refractivity contribution is 6.09. The summed E-state index contributed by atoms with van der Waals surface area (Å²) in [6, 6.07) is 0. The predicted molar refractivity (Wildman–Crippen MR) is 137 cm³/mol. The van der Waals surface area contributed by atoms with Gasteiger partial charge in [-0.1, -0.05) is 19.4 Å². The van der Waals surface area contributed by atoms with E-state index >= 15 is 0 Å². The van der Waals surface area contributed by atoms with E-state index in [1.54, 1.807) is 0 Å². The molecule has 1 aliphatic heterocycles. The monoisotopic (exact) mass is 552 g/mol. The van der Waals surface area contributed by atoms with Crippen LogP contribution in [-0.4, -0.2) is 75.8 Å². The van der Waals surface area contributed by atoms with Crippen LogP contribution in [0.15, 0.2) is 33.4 Å². The van der Waals surface area contributed by atoms with E-state index in [0.29, 0.717) is 12.0 Å². The first kappa shape index (κ1) is 25.4. The maximum atomic E-state index is 14.2. The highest BCUT2D eigenvalue weighted by Gasteiger charge is 2.84. The SMILES string of the molecule is COC(=O)/C(C)=C1\C(=O)[C@H](O)[C@]2(C)C3=C(C[C@@H]4[C@]5(OC(=O)C(CO)=C5C[C@H]5[C@](O)(CO)[C@H]6C[C@H]6[C@]45C)[C@H]31)[C@H]1C[C@H]12. The molecule has 0 aromatic rings. The summed E-state index contributed by atoms with van der Waals surface area (Å²) in [5.74, 6) is -3.03. The Morgan fingerprint density at radius 1 is 1.07 bits per heavy atom. The van der Waals surface area contributed by atoms with Crippen molar-refractivity contribution in [1.82, 2.24) is 0 Å². The number of Topliss-reactive ketones (excluding diaryl/α,β-unsaturated/α-hetero) is 1. The van der Waals surface area contributed by atoms with Crippen molar-refractivity contribution in [2.24, 2.45) is 52.3 Å². The molecule has 0 amide bonds. The van der Waals surface area contributed by atoms with Crippen LogP contribution in [0.2, 0.25) is 0 Å². The average Bonchev–Trinajstić information content (AvgIpc) is 3.84. The van der Waals surface area contributed by atoms with Gasteiger partial charge in [-0.2, -0.15) is 0 Å². The van der Waals surface area contributed by atoms with Gasteiger partial charge in [-0.25, -0.2) is 9.59 Å². The van der Waals surface area contributed by atoms with Crippen LogP contribution in [0.4, 0.5) is 0 Å². The molecular formula is C31H36O9. The van der Waals surface area contributed by atoms with Crippen molar-refractivity contribution in [3.8, 4) is 0 Å². The minimum Gasteiger partial charge on any atom is -0.466 e. The van der Waals surface area contributed by atoms with Gasteiger partial charge < -0.3 is 29.9 Å². The molecule has 8 rings (SSSR count). The molecule has 9 nitrogen and oxygen atoms in total. The van der Waals surface area contributed by atoms with Crippen molar-refractivity contribution in [1.29, 1.82) is 0 Å². The molecule has 214 valence electrons. The lowest BCUT2D eigenvalue weighted by molar-refractivity contribution is -0.188. The Morgan fingerprint density at radius 3 is 2.45 bits per heavy atom. The predicted octanol–water partition coefficient (Wildman–Crippen LogP) is 0.992. The summed E-state index contributed by atoms with van der Waals surface area (Å²) in [4.78, 5) is 40.8. The van der Waals surface area contributed by atoms with Gasteiger partial charge in [0.05, 0.1) is 37.4 Å². The molecule has 8 aliphatic rings. The van der Waals surface area contributed by atoms with Crippen molar-refractivity contribution >= 4 is 17.7 Å². The molecule has 5 fully saturated rings. The number of methoxy groups -OCH3 is 1. The van der Waals surface area contributed by atoms with Gasteiger partial charge in [-0.3, -0.25) is 4.79 Å². The van der Waals surface area contributed by atoms with Crippen LogP contribution in [-0.2, 0) is 23.9 Å². The summed E-state index contributed by atoms with van der Waals surface area (Å²) in [6.45, 7) is 4.67. The fourth-order valence-electron chi connectivity index (χ4n) is 11.6. The normalized spacial score (nSPS) is 53.7. The van der Waals surface area contributed by atoms with E-state index in [-0.39, 0.29) is 65.3 Å². The summed E-state index contributed by atoms with van der Waals surface area (Å²) in [7, 11) is 1.25. The molecule has 7 aliphatic carbocycles. The zero-order valence-electron chi connectivity index (χ0n) is 23.2. The van der Waals surface area contributed by atoms with Gasteiger partial charge in [0, 0.05) is 28.4 Å². The average molecular weight is 553 g/mol. The summed E-state index contributed by atoms with van der Waals surface area (Å²) in [5.41, 5.74) is -1.02. The van der Waals surface area contributed by atoms with E-state index in [1.807, 2.05) is 6.92 Å². The van der Waals surface area contributed by atoms with Gasteiger partial charge in [0.2, 0.25) is 0 Å². The van der Waals surface area contributed by atoms with Gasteiger partial charge >= 0.3 is 11.9 Å². The number of hydrogen-bond acceptors (Lipinski definition) is 9. The first-order chi connectivity index (χ1) is 18.9. The first-order valence-electron chi connectivity index (χ1n) is 14.5. The van der Waals surface area contributed by atoms with Crippen molar-refractivity contribution < 1.29 is 44.3 Å². The number of ether oxygens (including phenoxy) is 2.